The quantitative estimate of drug-likeness (QED) is 0.0346. The smallest absolute Gasteiger partial charge is 0.146 e. The summed E-state index contributed by atoms with van der Waals surface area (Å²) in [5.41, 5.74) is 12.8. The van der Waals surface area contributed by atoms with E-state index in [2.05, 4.69) is 229 Å². The van der Waals surface area contributed by atoms with Gasteiger partial charge in [-0.2, -0.15) is 8.75 Å². The van der Waals surface area contributed by atoms with Gasteiger partial charge in [0, 0.05) is 113 Å². The first-order valence-electron chi connectivity index (χ1n) is 45.6. The lowest BCUT2D eigenvalue weighted by Gasteiger charge is -2.19. The van der Waals surface area contributed by atoms with E-state index in [-0.39, 0.29) is 0 Å². The Morgan fingerprint density at radius 3 is 1.07 bits per heavy atom. The van der Waals surface area contributed by atoms with Gasteiger partial charge in [0.05, 0.1) is 86.0 Å². The van der Waals surface area contributed by atoms with E-state index in [1.54, 1.807) is 11.3 Å². The molecule has 6 aromatic carbocycles. The SMILES string of the molecule is CCCCCCCCOc1cccc(-c2nc3c(-c4ccc(C)s4)ccc(-c4ccc(-c5cc6c(OCC(CC)CCCC)c7sc(-c8ccc(-c9ccc(-c%10ccc(-c%11cc%12c(OCC(CC)CCCC)c%13sc(C)cc%13c(OCC(CC)CCCC)c%12s%11)s%10)c%10nsnc9%10)s8)cc7c(OCC(CC)CCCC)c6s5)s4)c3nc2-c2cccc(C)c2)c1. The van der Waals surface area contributed by atoms with Gasteiger partial charge in [-0.1, -0.05) is 232 Å². The minimum atomic E-state index is 0.427. The van der Waals surface area contributed by atoms with Crippen molar-refractivity contribution in [2.45, 2.75) is 224 Å². The van der Waals surface area contributed by atoms with Crippen LogP contribution in [0.25, 0.3) is 156 Å². The molecule has 642 valence electrons. The Morgan fingerprint density at radius 2 is 0.659 bits per heavy atom. The molecule has 0 fully saturated rings. The molecule has 18 heteroatoms. The maximum absolute atomic E-state index is 7.46. The summed E-state index contributed by atoms with van der Waals surface area (Å²) in [5, 5.41) is 4.57. The van der Waals surface area contributed by atoms with Crippen molar-refractivity contribution in [2.24, 2.45) is 23.7 Å². The molecule has 0 saturated carbocycles. The summed E-state index contributed by atoms with van der Waals surface area (Å²) >= 11 is 15.9. The molecule has 0 N–H and O–H groups in total. The third kappa shape index (κ3) is 19.8. The van der Waals surface area contributed by atoms with Gasteiger partial charge < -0.3 is 23.7 Å². The van der Waals surface area contributed by atoms with Crippen molar-refractivity contribution in [3.8, 4) is 122 Å². The highest BCUT2D eigenvalue weighted by molar-refractivity contribution is 7.29. The monoisotopic (exact) mass is 1800 g/mol. The number of aryl methyl sites for hydroxylation is 3. The molecule has 0 aliphatic carbocycles. The van der Waals surface area contributed by atoms with Crippen molar-refractivity contribution in [3.05, 3.63) is 161 Å². The zero-order valence-corrected chi connectivity index (χ0v) is 81.1. The first-order chi connectivity index (χ1) is 60.3. The van der Waals surface area contributed by atoms with Gasteiger partial charge in [-0.25, -0.2) is 9.97 Å². The molecule has 0 aliphatic heterocycles. The largest absolute Gasteiger partial charge is 0.494 e. The van der Waals surface area contributed by atoms with E-state index < -0.39 is 0 Å². The summed E-state index contributed by atoms with van der Waals surface area (Å²) < 4.78 is 50.5. The summed E-state index contributed by atoms with van der Waals surface area (Å²) in [6.07, 6.45) is 25.7. The van der Waals surface area contributed by atoms with Crippen molar-refractivity contribution in [1.82, 2.24) is 18.7 Å². The molecule has 0 amide bonds. The summed E-state index contributed by atoms with van der Waals surface area (Å²) in [6, 6.07) is 54.2. The number of ether oxygens (including phenoxy) is 5. The first kappa shape index (κ1) is 88.5. The fourth-order valence-corrected chi connectivity index (χ4v) is 26.4. The van der Waals surface area contributed by atoms with Crippen LogP contribution in [0.5, 0.6) is 28.7 Å². The van der Waals surface area contributed by atoms with Gasteiger partial charge in [-0.05, 0) is 168 Å². The summed E-state index contributed by atoms with van der Waals surface area (Å²) in [7, 11) is 0. The minimum Gasteiger partial charge on any atom is -0.494 e. The van der Waals surface area contributed by atoms with Crippen molar-refractivity contribution in [3.63, 3.8) is 0 Å². The normalized spacial score (nSPS) is 13.0. The van der Waals surface area contributed by atoms with Gasteiger partial charge in [0.25, 0.3) is 0 Å². The number of benzene rings is 6. The van der Waals surface area contributed by atoms with Gasteiger partial charge in [-0.15, -0.1) is 90.7 Å². The van der Waals surface area contributed by atoms with Crippen LogP contribution in [0.15, 0.2) is 146 Å². The summed E-state index contributed by atoms with van der Waals surface area (Å²) in [4.78, 5) is 26.0. The van der Waals surface area contributed by atoms with Crippen LogP contribution < -0.4 is 23.7 Å². The molecule has 9 nitrogen and oxygen atoms in total. The molecule has 16 aromatic rings. The molecule has 0 bridgehead atoms. The van der Waals surface area contributed by atoms with Crippen LogP contribution in [-0.4, -0.2) is 51.7 Å². The lowest BCUT2D eigenvalue weighted by atomic mass is 9.99. The molecule has 10 aromatic heterocycles. The maximum atomic E-state index is 7.46. The van der Waals surface area contributed by atoms with Crippen LogP contribution >= 0.6 is 102 Å². The zero-order chi connectivity index (χ0) is 85.0. The van der Waals surface area contributed by atoms with Crippen molar-refractivity contribution >= 4 is 165 Å². The van der Waals surface area contributed by atoms with Gasteiger partial charge in [-0.3, -0.25) is 0 Å². The Bertz CT molecular complexity index is 6100. The molecule has 0 saturated heterocycles. The lowest BCUT2D eigenvalue weighted by Crippen LogP contribution is -2.12. The van der Waals surface area contributed by atoms with Crippen LogP contribution in [0.4, 0.5) is 0 Å². The molecule has 4 atom stereocenters. The van der Waals surface area contributed by atoms with Crippen LogP contribution in [0, 0.1) is 44.4 Å². The van der Waals surface area contributed by atoms with E-state index in [4.69, 9.17) is 42.4 Å². The third-order valence-corrected chi connectivity index (χ3v) is 34.6. The van der Waals surface area contributed by atoms with E-state index in [0.29, 0.717) is 56.7 Å². The highest BCUT2D eigenvalue weighted by Gasteiger charge is 2.30. The lowest BCUT2D eigenvalue weighted by molar-refractivity contribution is 0.235. The Labute approximate surface area is 764 Å². The molecule has 0 spiro atoms. The van der Waals surface area contributed by atoms with Crippen molar-refractivity contribution in [2.75, 3.05) is 33.0 Å². The highest BCUT2D eigenvalue weighted by Crippen LogP contribution is 2.57. The number of rotatable bonds is 45. The van der Waals surface area contributed by atoms with Crippen LogP contribution in [-0.2, 0) is 0 Å². The average molecular weight is 1800 g/mol. The summed E-state index contributed by atoms with van der Waals surface area (Å²) in [6.45, 7) is 30.7. The molecule has 4 unspecified atom stereocenters. The number of fused-ring (bicyclic) bond motifs is 6. The fraction of sp³-hybridized carbons (Fsp3) is 0.410. The van der Waals surface area contributed by atoms with Gasteiger partial charge in [0.2, 0.25) is 0 Å². The van der Waals surface area contributed by atoms with Gasteiger partial charge >= 0.3 is 0 Å². The van der Waals surface area contributed by atoms with Crippen LogP contribution in [0.3, 0.4) is 0 Å². The minimum absolute atomic E-state index is 0.427. The van der Waals surface area contributed by atoms with Gasteiger partial charge in [0.1, 0.15) is 39.8 Å². The molecule has 16 rings (SSSR count). The first-order valence-corrected chi connectivity index (χ1v) is 52.9. The third-order valence-electron chi connectivity index (χ3n) is 24.6. The van der Waals surface area contributed by atoms with E-state index in [1.807, 2.05) is 79.4 Å². The molecular formula is C105H118N4O5S9. The number of hydrogen-bond acceptors (Lipinski definition) is 18. The van der Waals surface area contributed by atoms with E-state index in [0.717, 1.165) is 189 Å². The zero-order valence-electron chi connectivity index (χ0n) is 73.8. The number of unbranched alkanes of at least 4 members (excludes halogenated alkanes) is 9. The Kier molecular flexibility index (Phi) is 30.0. The van der Waals surface area contributed by atoms with E-state index in [1.165, 1.54) is 164 Å². The Balaban J connectivity index is 0.753. The van der Waals surface area contributed by atoms with Crippen LogP contribution in [0.2, 0.25) is 0 Å². The number of nitrogens with zero attached hydrogens (tertiary/aromatic N) is 4. The summed E-state index contributed by atoms with van der Waals surface area (Å²) in [5.74, 6) is 6.67. The number of hydrogen-bond donors (Lipinski definition) is 0. The average Bonchev–Trinajstić information content (AvgIpc) is 1.50. The van der Waals surface area contributed by atoms with Crippen LogP contribution in [0.1, 0.15) is 219 Å². The van der Waals surface area contributed by atoms with Crippen molar-refractivity contribution < 1.29 is 23.7 Å². The predicted octanol–water partition coefficient (Wildman–Crippen LogP) is 35.8. The molecule has 10 heterocycles. The predicted molar refractivity (Wildman–Crippen MR) is 541 cm³/mol. The molecular weight excluding hydrogens is 1690 g/mol. The Hall–Kier alpha value is -7.88. The second-order valence-electron chi connectivity index (χ2n) is 33.7. The molecule has 0 aliphatic rings. The maximum Gasteiger partial charge on any atom is 0.146 e. The number of thiophene rings is 8. The van der Waals surface area contributed by atoms with E-state index in [9.17, 15) is 0 Å². The second-order valence-corrected chi connectivity index (χ2v) is 43.2. The van der Waals surface area contributed by atoms with Gasteiger partial charge in [0.15, 0.2) is 0 Å². The van der Waals surface area contributed by atoms with Crippen molar-refractivity contribution in [1.29, 1.82) is 0 Å². The highest BCUT2D eigenvalue weighted by atomic mass is 32.1. The molecule has 0 radical (unpaired) electrons. The standard InChI is InChI=1S/C105H118N4O5S9/c1-13-22-27-28-29-30-53-110-73-40-32-39-72(56-73)93-92(71-38-31-33-64(10)54-71)106-95-75(43-42-74(94(95)107-93)82-46-41-65(11)115-82)83-47-50-86(117-83)90-58-80-100(113-62-69(20-8)36-25-16-4)105-81(101(104(80)121-90)114-63-70(21-9)37-26-17-5)59-91(122-105)88-52-49-85(119-88)77-45-44-76(96-97(77)109-123-108-96)84-48-51-87(118-84)89-57-79-99(112-61-68(19-7)35-24-15-3)102-78(55-66(12)116-102)98(103(79)120-89)111-60-67(18-6)34-23-14-2/h31-33,38-52,54-59,67-70H,13-30,34-37,53,60-63H2,1-12H3. The molecule has 123 heavy (non-hydrogen) atoms. The Morgan fingerprint density at radius 1 is 0.293 bits per heavy atom. The fourth-order valence-electron chi connectivity index (χ4n) is 17.1. The van der Waals surface area contributed by atoms with E-state index >= 15 is 0 Å². The number of aromatic nitrogens is 4. The second kappa shape index (κ2) is 41.7. The topological polar surface area (TPSA) is 97.7 Å².